The lowest BCUT2D eigenvalue weighted by atomic mass is 10.3. The zero-order valence-electron chi connectivity index (χ0n) is 15.8. The third kappa shape index (κ3) is 7.12. The number of nitrogens with one attached hydrogen (secondary N) is 2. The van der Waals surface area contributed by atoms with Crippen LogP contribution in [0, 0.1) is 0 Å². The minimum Gasteiger partial charge on any atom is -0.494 e. The molecule has 0 atom stereocenters. The van der Waals surface area contributed by atoms with E-state index in [1.807, 2.05) is 6.92 Å². The minimum atomic E-state index is -0.346. The van der Waals surface area contributed by atoms with E-state index in [0.717, 1.165) is 17.9 Å². The number of amides is 2. The van der Waals surface area contributed by atoms with Gasteiger partial charge in [0.1, 0.15) is 11.4 Å². The lowest BCUT2D eigenvalue weighted by Crippen LogP contribution is -2.28. The zero-order chi connectivity index (χ0) is 20.4. The lowest BCUT2D eigenvalue weighted by Gasteiger charge is -2.09. The molecule has 1 heterocycles. The molecule has 0 aliphatic rings. The molecule has 2 amide bonds. The van der Waals surface area contributed by atoms with E-state index in [2.05, 4.69) is 43.5 Å². The summed E-state index contributed by atoms with van der Waals surface area (Å²) in [5.41, 5.74) is 0.941. The van der Waals surface area contributed by atoms with Crippen molar-refractivity contribution in [1.82, 2.24) is 15.3 Å². The Hall–Kier alpha value is -2.13. The lowest BCUT2D eigenvalue weighted by molar-refractivity contribution is -0.116. The predicted molar refractivity (Wildman–Crippen MR) is 114 cm³/mol. The van der Waals surface area contributed by atoms with E-state index in [-0.39, 0.29) is 30.5 Å². The molecule has 0 fully saturated rings. The van der Waals surface area contributed by atoms with Crippen LogP contribution in [0.25, 0.3) is 0 Å². The molecular weight excluding hydrogens is 444 g/mol. The highest BCUT2D eigenvalue weighted by Gasteiger charge is 2.14. The summed E-state index contributed by atoms with van der Waals surface area (Å²) in [7, 11) is 0. The number of hydrogen-bond donors (Lipinski definition) is 2. The van der Waals surface area contributed by atoms with E-state index in [4.69, 9.17) is 4.74 Å². The second kappa shape index (κ2) is 11.7. The molecule has 2 aromatic rings. The second-order valence-electron chi connectivity index (χ2n) is 5.71. The number of thioether (sulfide) groups is 1. The number of rotatable bonds is 10. The summed E-state index contributed by atoms with van der Waals surface area (Å²) in [5, 5.41) is 6.06. The summed E-state index contributed by atoms with van der Waals surface area (Å²) < 4.78 is 5.88. The normalized spacial score (nSPS) is 10.4. The van der Waals surface area contributed by atoms with Crippen molar-refractivity contribution in [2.75, 3.05) is 24.2 Å². The Morgan fingerprint density at radius 1 is 1.21 bits per heavy atom. The monoisotopic (exact) mass is 466 g/mol. The van der Waals surface area contributed by atoms with Crippen LogP contribution in [0.15, 0.2) is 40.1 Å². The molecule has 0 saturated carbocycles. The average molecular weight is 467 g/mol. The fraction of sp³-hybridized carbons (Fsp3) is 0.368. The predicted octanol–water partition coefficient (Wildman–Crippen LogP) is 3.90. The van der Waals surface area contributed by atoms with Crippen LogP contribution in [0.3, 0.4) is 0 Å². The van der Waals surface area contributed by atoms with Gasteiger partial charge in [-0.2, -0.15) is 0 Å². The first-order valence-corrected chi connectivity index (χ1v) is 10.8. The van der Waals surface area contributed by atoms with E-state index in [1.165, 1.54) is 11.8 Å². The molecule has 0 aliphatic heterocycles. The Kier molecular flexibility index (Phi) is 9.22. The highest BCUT2D eigenvalue weighted by molar-refractivity contribution is 9.10. The Morgan fingerprint density at radius 3 is 2.64 bits per heavy atom. The Balaban J connectivity index is 1.82. The van der Waals surface area contributed by atoms with Crippen LogP contribution in [0.4, 0.5) is 5.69 Å². The molecule has 9 heteroatoms. The third-order valence-electron chi connectivity index (χ3n) is 3.46. The van der Waals surface area contributed by atoms with Crippen molar-refractivity contribution >= 4 is 45.2 Å². The molecule has 28 heavy (non-hydrogen) atoms. The van der Waals surface area contributed by atoms with Gasteiger partial charge in [0.15, 0.2) is 5.16 Å². The van der Waals surface area contributed by atoms with Gasteiger partial charge in [0.2, 0.25) is 5.91 Å². The third-order valence-corrected chi connectivity index (χ3v) is 5.11. The van der Waals surface area contributed by atoms with Crippen molar-refractivity contribution < 1.29 is 14.3 Å². The molecule has 1 aromatic carbocycles. The number of ether oxygens (including phenoxy) is 1. The Morgan fingerprint density at radius 2 is 1.96 bits per heavy atom. The number of nitrogens with zero attached hydrogens (tertiary/aromatic N) is 2. The highest BCUT2D eigenvalue weighted by Crippen LogP contribution is 2.19. The van der Waals surface area contributed by atoms with Gasteiger partial charge in [-0.3, -0.25) is 9.59 Å². The first-order valence-electron chi connectivity index (χ1n) is 8.99. The van der Waals surface area contributed by atoms with Gasteiger partial charge in [0, 0.05) is 30.6 Å². The first-order chi connectivity index (χ1) is 13.5. The molecule has 1 aromatic heterocycles. The zero-order valence-corrected chi connectivity index (χ0v) is 18.2. The average Bonchev–Trinajstić information content (AvgIpc) is 2.69. The van der Waals surface area contributed by atoms with Crippen molar-refractivity contribution in [1.29, 1.82) is 0 Å². The molecule has 2 N–H and O–H groups in total. The first kappa shape index (κ1) is 22.2. The van der Waals surface area contributed by atoms with Gasteiger partial charge in [-0.25, -0.2) is 9.97 Å². The molecule has 0 aliphatic carbocycles. The molecule has 0 radical (unpaired) electrons. The van der Waals surface area contributed by atoms with Crippen LogP contribution in [0.1, 0.15) is 37.2 Å². The fourth-order valence-electron chi connectivity index (χ4n) is 2.17. The van der Waals surface area contributed by atoms with Gasteiger partial charge in [-0.15, -0.1) is 0 Å². The number of halogens is 1. The van der Waals surface area contributed by atoms with Gasteiger partial charge in [-0.1, -0.05) is 18.7 Å². The van der Waals surface area contributed by atoms with Crippen molar-refractivity contribution in [2.45, 2.75) is 31.8 Å². The number of hydrogen-bond acceptors (Lipinski definition) is 6. The summed E-state index contributed by atoms with van der Waals surface area (Å²) in [6.07, 6.45) is 2.71. The maximum atomic E-state index is 12.3. The quantitative estimate of drug-likeness (QED) is 0.407. The van der Waals surface area contributed by atoms with Crippen LogP contribution in [-0.2, 0) is 4.79 Å². The molecule has 0 bridgehead atoms. The Labute approximate surface area is 177 Å². The van der Waals surface area contributed by atoms with E-state index < -0.39 is 0 Å². The number of benzene rings is 1. The van der Waals surface area contributed by atoms with Crippen LogP contribution >= 0.6 is 27.7 Å². The van der Waals surface area contributed by atoms with Gasteiger partial charge >= 0.3 is 0 Å². The van der Waals surface area contributed by atoms with Crippen LogP contribution in [0.5, 0.6) is 5.75 Å². The second-order valence-corrected chi connectivity index (χ2v) is 7.63. The molecular formula is C19H23BrN4O3S. The van der Waals surface area contributed by atoms with Crippen molar-refractivity contribution in [3.63, 3.8) is 0 Å². The van der Waals surface area contributed by atoms with Crippen molar-refractivity contribution in [3.05, 3.63) is 40.6 Å². The topological polar surface area (TPSA) is 93.2 Å². The smallest absolute Gasteiger partial charge is 0.271 e. The molecule has 7 nitrogen and oxygen atoms in total. The summed E-state index contributed by atoms with van der Waals surface area (Å²) in [4.78, 5) is 32.9. The van der Waals surface area contributed by atoms with Crippen LogP contribution in [-0.4, -0.2) is 40.7 Å². The molecule has 150 valence electrons. The summed E-state index contributed by atoms with van der Waals surface area (Å²) in [6, 6.07) is 7.13. The number of carbonyl (C=O) groups excluding carboxylic acids is 2. The van der Waals surface area contributed by atoms with E-state index in [0.29, 0.717) is 21.9 Å². The molecule has 0 saturated heterocycles. The fourth-order valence-corrected chi connectivity index (χ4v) is 3.21. The van der Waals surface area contributed by atoms with E-state index in [1.54, 1.807) is 30.5 Å². The largest absolute Gasteiger partial charge is 0.494 e. The summed E-state index contributed by atoms with van der Waals surface area (Å²) >= 11 is 4.80. The van der Waals surface area contributed by atoms with Crippen LogP contribution in [0.2, 0.25) is 0 Å². The molecule has 2 rings (SSSR count). The van der Waals surface area contributed by atoms with Crippen molar-refractivity contribution in [2.24, 2.45) is 0 Å². The standard InChI is InChI=1S/C19H23BrN4O3S/c1-3-11-28-19-22-12-15(20)17(24-19)18(26)21-10-9-16(25)23-13-5-7-14(8-6-13)27-4-2/h5-8,12H,3-4,9-11H2,1-2H3,(H,21,26)(H,23,25). The van der Waals surface area contributed by atoms with E-state index in [9.17, 15) is 9.59 Å². The number of anilines is 1. The van der Waals surface area contributed by atoms with Gasteiger partial charge in [0.25, 0.3) is 5.91 Å². The number of aromatic nitrogens is 2. The molecule has 0 unspecified atom stereocenters. The SMILES string of the molecule is CCCSc1ncc(Br)c(C(=O)NCCC(=O)Nc2ccc(OCC)cc2)n1. The molecule has 0 spiro atoms. The van der Waals surface area contributed by atoms with Gasteiger partial charge in [-0.05, 0) is 53.5 Å². The highest BCUT2D eigenvalue weighted by atomic mass is 79.9. The maximum absolute atomic E-state index is 12.3. The van der Waals surface area contributed by atoms with Gasteiger partial charge in [0.05, 0.1) is 11.1 Å². The van der Waals surface area contributed by atoms with E-state index >= 15 is 0 Å². The van der Waals surface area contributed by atoms with Crippen molar-refractivity contribution in [3.8, 4) is 5.75 Å². The Bertz CT molecular complexity index is 802. The number of carbonyl (C=O) groups is 2. The summed E-state index contributed by atoms with van der Waals surface area (Å²) in [6.45, 7) is 4.77. The van der Waals surface area contributed by atoms with Crippen LogP contribution < -0.4 is 15.4 Å². The minimum absolute atomic E-state index is 0.152. The maximum Gasteiger partial charge on any atom is 0.271 e. The van der Waals surface area contributed by atoms with Gasteiger partial charge < -0.3 is 15.4 Å². The summed E-state index contributed by atoms with van der Waals surface area (Å²) in [5.74, 6) is 1.10.